The molecule has 1 atom stereocenters. The highest BCUT2D eigenvalue weighted by Gasteiger charge is 2.42. The number of ether oxygens (including phenoxy) is 1. The summed E-state index contributed by atoms with van der Waals surface area (Å²) in [4.78, 5) is 15.4. The molecule has 1 unspecified atom stereocenters. The minimum atomic E-state index is -3.16. The fourth-order valence-corrected chi connectivity index (χ4v) is 8.02. The van der Waals surface area contributed by atoms with Crippen molar-refractivity contribution in [2.24, 2.45) is 0 Å². The summed E-state index contributed by atoms with van der Waals surface area (Å²) < 4.78 is 32.4. The molecule has 208 valence electrons. The lowest BCUT2D eigenvalue weighted by Gasteiger charge is -2.20. The lowest BCUT2D eigenvalue weighted by atomic mass is 10.1. The van der Waals surface area contributed by atoms with Gasteiger partial charge in [-0.05, 0) is 49.2 Å². The average Bonchev–Trinajstić information content (AvgIpc) is 3.63. The maximum absolute atomic E-state index is 13.4. The number of para-hydroxylation sites is 1. The number of aryl methyl sites for hydroxylation is 1. The SMILES string of the molecule is Cc1ccc(COc2cccc(-c3nn(-c4ccccc4)cc3/C=C3\SC(=S)N(C4CCS(=O)(=O)C4)C3=O)c2)cc1. The summed E-state index contributed by atoms with van der Waals surface area (Å²) in [5, 5.41) is 4.89. The van der Waals surface area contributed by atoms with Crippen LogP contribution in [-0.4, -0.2) is 50.9 Å². The van der Waals surface area contributed by atoms with Crippen LogP contribution in [0.4, 0.5) is 0 Å². The van der Waals surface area contributed by atoms with Gasteiger partial charge in [0.15, 0.2) is 9.84 Å². The molecule has 0 spiro atoms. The predicted molar refractivity (Wildman–Crippen MR) is 167 cm³/mol. The summed E-state index contributed by atoms with van der Waals surface area (Å²) in [6.45, 7) is 2.49. The first-order chi connectivity index (χ1) is 19.8. The summed E-state index contributed by atoms with van der Waals surface area (Å²) in [7, 11) is -3.16. The lowest BCUT2D eigenvalue weighted by molar-refractivity contribution is -0.123. The smallest absolute Gasteiger partial charge is 0.266 e. The van der Waals surface area contributed by atoms with Crippen molar-refractivity contribution < 1.29 is 17.9 Å². The van der Waals surface area contributed by atoms with E-state index in [4.69, 9.17) is 22.1 Å². The number of rotatable bonds is 7. The molecule has 0 bridgehead atoms. The van der Waals surface area contributed by atoms with E-state index in [0.29, 0.717) is 33.7 Å². The number of carbonyl (C=O) groups excluding carboxylic acids is 1. The van der Waals surface area contributed by atoms with E-state index in [9.17, 15) is 13.2 Å². The van der Waals surface area contributed by atoms with Crippen LogP contribution in [0, 0.1) is 6.92 Å². The minimum absolute atomic E-state index is 0.0563. The van der Waals surface area contributed by atoms with Gasteiger partial charge in [0, 0.05) is 17.3 Å². The van der Waals surface area contributed by atoms with Crippen LogP contribution >= 0.6 is 24.0 Å². The van der Waals surface area contributed by atoms with Crippen molar-refractivity contribution in [2.45, 2.75) is 26.0 Å². The van der Waals surface area contributed by atoms with Crippen molar-refractivity contribution in [1.29, 1.82) is 0 Å². The van der Waals surface area contributed by atoms with Crippen molar-refractivity contribution in [3.8, 4) is 22.7 Å². The van der Waals surface area contributed by atoms with Crippen molar-refractivity contribution in [3.63, 3.8) is 0 Å². The fourth-order valence-electron chi connectivity index (χ4n) is 4.93. The number of hydrogen-bond donors (Lipinski definition) is 0. The molecule has 2 aliphatic heterocycles. The molecule has 0 saturated carbocycles. The van der Waals surface area contributed by atoms with Gasteiger partial charge in [-0.15, -0.1) is 0 Å². The summed E-state index contributed by atoms with van der Waals surface area (Å²) in [6, 6.07) is 25.3. The summed E-state index contributed by atoms with van der Waals surface area (Å²) in [5.41, 5.74) is 5.41. The van der Waals surface area contributed by atoms with Gasteiger partial charge in [0.25, 0.3) is 5.91 Å². The second-order valence-corrected chi connectivity index (χ2v) is 14.0. The van der Waals surface area contributed by atoms with E-state index in [-0.39, 0.29) is 17.4 Å². The molecule has 10 heteroatoms. The molecule has 3 heterocycles. The minimum Gasteiger partial charge on any atom is -0.489 e. The lowest BCUT2D eigenvalue weighted by Crippen LogP contribution is -2.39. The van der Waals surface area contributed by atoms with Crippen LogP contribution in [0.15, 0.2) is 90.0 Å². The summed E-state index contributed by atoms with van der Waals surface area (Å²) in [5.74, 6) is 0.455. The molecule has 2 saturated heterocycles. The molecule has 2 fully saturated rings. The maximum atomic E-state index is 13.4. The van der Waals surface area contributed by atoms with E-state index in [2.05, 4.69) is 31.2 Å². The number of amides is 1. The maximum Gasteiger partial charge on any atom is 0.266 e. The zero-order valence-corrected chi connectivity index (χ0v) is 24.7. The molecule has 2 aliphatic rings. The molecule has 6 rings (SSSR count). The number of thioether (sulfide) groups is 1. The first-order valence-corrected chi connectivity index (χ1v) is 16.2. The molecule has 1 aromatic heterocycles. The zero-order valence-electron chi connectivity index (χ0n) is 22.3. The molecule has 3 aromatic carbocycles. The van der Waals surface area contributed by atoms with Gasteiger partial charge in [-0.2, -0.15) is 5.10 Å². The Hall–Kier alpha value is -3.73. The largest absolute Gasteiger partial charge is 0.489 e. The average molecular weight is 602 g/mol. The number of benzene rings is 3. The van der Waals surface area contributed by atoms with E-state index in [1.54, 1.807) is 10.8 Å². The van der Waals surface area contributed by atoms with Crippen LogP contribution in [-0.2, 0) is 21.2 Å². The van der Waals surface area contributed by atoms with Gasteiger partial charge in [-0.1, -0.05) is 84.1 Å². The van der Waals surface area contributed by atoms with E-state index in [1.807, 2.05) is 60.8 Å². The Labute approximate surface area is 248 Å². The molecule has 41 heavy (non-hydrogen) atoms. The molecule has 0 aliphatic carbocycles. The second-order valence-electron chi connectivity index (χ2n) is 10.1. The van der Waals surface area contributed by atoms with Gasteiger partial charge in [-0.3, -0.25) is 9.69 Å². The third kappa shape index (κ3) is 6.00. The number of thiocarbonyl (C=S) groups is 1. The molecule has 0 N–H and O–H groups in total. The van der Waals surface area contributed by atoms with Crippen LogP contribution in [0.1, 0.15) is 23.1 Å². The zero-order chi connectivity index (χ0) is 28.6. The van der Waals surface area contributed by atoms with E-state index < -0.39 is 15.9 Å². The molecule has 0 radical (unpaired) electrons. The van der Waals surface area contributed by atoms with Crippen LogP contribution in [0.5, 0.6) is 5.75 Å². The van der Waals surface area contributed by atoms with E-state index in [0.717, 1.165) is 22.4 Å². The molecule has 1 amide bonds. The molecule has 4 aromatic rings. The third-order valence-electron chi connectivity index (χ3n) is 7.08. The van der Waals surface area contributed by atoms with Gasteiger partial charge in [0.05, 0.1) is 28.1 Å². The predicted octanol–water partition coefficient (Wildman–Crippen LogP) is 5.82. The Morgan fingerprint density at radius 3 is 2.59 bits per heavy atom. The molecular formula is C31H27N3O4S3. The van der Waals surface area contributed by atoms with Crippen LogP contribution in [0.3, 0.4) is 0 Å². The van der Waals surface area contributed by atoms with Crippen LogP contribution < -0.4 is 4.74 Å². The Morgan fingerprint density at radius 2 is 1.85 bits per heavy atom. The first kappa shape index (κ1) is 27.4. The third-order valence-corrected chi connectivity index (χ3v) is 10.2. The topological polar surface area (TPSA) is 81.5 Å². The normalized spacial score (nSPS) is 19.3. The van der Waals surface area contributed by atoms with Gasteiger partial charge in [-0.25, -0.2) is 13.1 Å². The van der Waals surface area contributed by atoms with Crippen molar-refractivity contribution >= 4 is 50.1 Å². The number of hydrogen-bond acceptors (Lipinski definition) is 7. The van der Waals surface area contributed by atoms with Gasteiger partial charge in [0.2, 0.25) is 0 Å². The number of carbonyl (C=O) groups is 1. The van der Waals surface area contributed by atoms with E-state index >= 15 is 0 Å². The van der Waals surface area contributed by atoms with Gasteiger partial charge < -0.3 is 4.74 Å². The fraction of sp³-hybridized carbons (Fsp3) is 0.194. The monoisotopic (exact) mass is 601 g/mol. The summed E-state index contributed by atoms with van der Waals surface area (Å²) in [6.07, 6.45) is 4.08. The Kier molecular flexibility index (Phi) is 7.54. The highest BCUT2D eigenvalue weighted by atomic mass is 32.2. The second kappa shape index (κ2) is 11.3. The number of nitrogens with zero attached hydrogens (tertiary/aromatic N) is 3. The number of sulfone groups is 1. The highest BCUT2D eigenvalue weighted by Crippen LogP contribution is 2.38. The van der Waals surface area contributed by atoms with Crippen molar-refractivity contribution in [2.75, 3.05) is 11.5 Å². The molecular weight excluding hydrogens is 575 g/mol. The molecule has 7 nitrogen and oxygen atoms in total. The van der Waals surface area contributed by atoms with Crippen LogP contribution in [0.25, 0.3) is 23.0 Å². The number of aromatic nitrogens is 2. The van der Waals surface area contributed by atoms with Crippen molar-refractivity contribution in [3.05, 3.63) is 107 Å². The quantitative estimate of drug-likeness (QED) is 0.195. The summed E-state index contributed by atoms with van der Waals surface area (Å²) >= 11 is 6.71. The Balaban J connectivity index is 1.33. The standard InChI is InChI=1S/C31H27N3O4S3/c1-21-10-12-22(13-11-21)19-38-27-9-5-6-23(16-27)29-24(18-33(32-29)25-7-3-2-4-8-25)17-28-30(35)34(31(39)40-28)26-14-15-41(36,37)20-26/h2-13,16-18,26H,14-15,19-20H2,1H3/b28-17-. The van der Waals surface area contributed by atoms with Crippen LogP contribution in [0.2, 0.25) is 0 Å². The highest BCUT2D eigenvalue weighted by molar-refractivity contribution is 8.26. The van der Waals surface area contributed by atoms with Gasteiger partial charge in [0.1, 0.15) is 22.4 Å². The Bertz CT molecular complexity index is 1760. The van der Waals surface area contributed by atoms with E-state index in [1.165, 1.54) is 22.2 Å². The Morgan fingerprint density at radius 1 is 1.07 bits per heavy atom. The first-order valence-electron chi connectivity index (χ1n) is 13.2. The van der Waals surface area contributed by atoms with Gasteiger partial charge >= 0.3 is 0 Å². The van der Waals surface area contributed by atoms with Crippen molar-refractivity contribution in [1.82, 2.24) is 14.7 Å².